The maximum Gasteiger partial charge on any atom is 0.510 e. The number of rotatable bonds is 17. The first-order chi connectivity index (χ1) is 11.7. The Kier molecular flexibility index (Phi) is 15.9. The average Bonchev–Trinajstić information content (AvgIpc) is 3.30. The fraction of sp³-hybridized carbons (Fsp3) is 0.947. The number of hydrogen-bond donors (Lipinski definition) is 1. The van der Waals surface area contributed by atoms with E-state index in [9.17, 15) is 4.79 Å². The molecule has 6 heteroatoms. The molecule has 25 heavy (non-hydrogen) atoms. The van der Waals surface area contributed by atoms with Crippen LogP contribution in [0.25, 0.3) is 0 Å². The minimum Gasteiger partial charge on any atom is -0.450 e. The van der Waals surface area contributed by atoms with Crippen molar-refractivity contribution in [3.63, 3.8) is 0 Å². The van der Waals surface area contributed by atoms with Crippen LogP contribution >= 0.6 is 0 Å². The summed E-state index contributed by atoms with van der Waals surface area (Å²) in [6.07, 6.45) is 18.7. The molecule has 0 saturated carbocycles. The summed E-state index contributed by atoms with van der Waals surface area (Å²) in [5.74, 6) is -1.29. The Morgan fingerprint density at radius 1 is 0.760 bits per heavy atom. The fourth-order valence-electron chi connectivity index (χ4n) is 3.06. The summed E-state index contributed by atoms with van der Waals surface area (Å²) >= 11 is 0. The fourth-order valence-corrected chi connectivity index (χ4v) is 3.06. The molecule has 1 saturated heterocycles. The van der Waals surface area contributed by atoms with Crippen LogP contribution in [0.1, 0.15) is 110 Å². The van der Waals surface area contributed by atoms with Crippen molar-refractivity contribution in [2.24, 2.45) is 0 Å². The zero-order chi connectivity index (χ0) is 17.5. The molecule has 1 fully saturated rings. The normalized spacial score (nSPS) is 14.8. The first-order valence-electron chi connectivity index (χ1n) is 9.97. The summed E-state index contributed by atoms with van der Waals surface area (Å²) < 4.78 is 4.54. The van der Waals surface area contributed by atoms with Gasteiger partial charge in [-0.25, -0.2) is 4.79 Å². The zero-order valence-electron chi connectivity index (χ0n) is 16.1. The van der Waals surface area contributed by atoms with Gasteiger partial charge in [0.05, 0.1) is 0 Å². The van der Waals surface area contributed by atoms with Crippen LogP contribution in [0.5, 0.6) is 0 Å². The standard InChI is InChI=1S/C19H36O5.Zn/c1-2-3-4-5-6-7-8-9-10-11-12-13-14-15-16-17-19(23-24-19)22-18(20)21;/h2-17H2,1H3,(H,20,21);. The third-order valence-electron chi connectivity index (χ3n) is 4.60. The van der Waals surface area contributed by atoms with Gasteiger partial charge in [0, 0.05) is 25.9 Å². The van der Waals surface area contributed by atoms with Crippen LogP contribution < -0.4 is 0 Å². The Morgan fingerprint density at radius 3 is 1.44 bits per heavy atom. The van der Waals surface area contributed by atoms with Gasteiger partial charge >= 0.3 is 12.1 Å². The van der Waals surface area contributed by atoms with E-state index in [2.05, 4.69) is 21.4 Å². The number of ether oxygens (including phenoxy) is 1. The van der Waals surface area contributed by atoms with Crippen molar-refractivity contribution in [1.29, 1.82) is 0 Å². The monoisotopic (exact) mass is 408 g/mol. The van der Waals surface area contributed by atoms with Gasteiger partial charge in [0.2, 0.25) is 0 Å². The summed E-state index contributed by atoms with van der Waals surface area (Å²) in [5.41, 5.74) is 0. The Hall–Kier alpha value is -0.187. The summed E-state index contributed by atoms with van der Waals surface area (Å²) in [7, 11) is 0. The van der Waals surface area contributed by atoms with E-state index in [4.69, 9.17) is 5.11 Å². The van der Waals surface area contributed by atoms with Crippen molar-refractivity contribution in [2.45, 2.75) is 116 Å². The second-order valence-electron chi connectivity index (χ2n) is 6.92. The molecule has 144 valence electrons. The summed E-state index contributed by atoms with van der Waals surface area (Å²) in [4.78, 5) is 19.7. The van der Waals surface area contributed by atoms with Gasteiger partial charge in [-0.05, 0) is 6.42 Å². The van der Waals surface area contributed by atoms with E-state index in [1.807, 2.05) is 0 Å². The molecule has 1 aliphatic rings. The van der Waals surface area contributed by atoms with Crippen molar-refractivity contribution in [3.8, 4) is 0 Å². The summed E-state index contributed by atoms with van der Waals surface area (Å²) in [6.45, 7) is 2.26. The van der Waals surface area contributed by atoms with E-state index >= 15 is 0 Å². The molecule has 1 N–H and O–H groups in total. The van der Waals surface area contributed by atoms with Gasteiger partial charge in [0.25, 0.3) is 0 Å². The molecule has 0 aromatic rings. The smallest absolute Gasteiger partial charge is 0.450 e. The number of unbranched alkanes of at least 4 members (excludes halogenated alkanes) is 14. The van der Waals surface area contributed by atoms with Crippen molar-refractivity contribution in [3.05, 3.63) is 0 Å². The molecule has 0 aromatic carbocycles. The summed E-state index contributed by atoms with van der Waals surface area (Å²) in [5, 5.41) is 8.53. The molecule has 1 heterocycles. The minimum atomic E-state index is -1.35. The van der Waals surface area contributed by atoms with Gasteiger partial charge in [-0.3, -0.25) is 0 Å². The first-order valence-corrected chi connectivity index (χ1v) is 9.97. The van der Waals surface area contributed by atoms with Gasteiger partial charge in [-0.2, -0.15) is 9.78 Å². The molecule has 5 nitrogen and oxygen atoms in total. The molecular weight excluding hydrogens is 374 g/mol. The van der Waals surface area contributed by atoms with Crippen molar-refractivity contribution in [2.75, 3.05) is 0 Å². The second-order valence-corrected chi connectivity index (χ2v) is 6.92. The van der Waals surface area contributed by atoms with Crippen LogP contribution in [0, 0.1) is 0 Å². The Balaban J connectivity index is 0.00000576. The maximum atomic E-state index is 10.4. The molecule has 0 unspecified atom stereocenters. The Morgan fingerprint density at radius 2 is 1.12 bits per heavy atom. The first kappa shape index (κ1) is 24.8. The molecule has 0 amide bonds. The van der Waals surface area contributed by atoms with Crippen LogP contribution in [-0.2, 0) is 34.0 Å². The van der Waals surface area contributed by atoms with Crippen LogP contribution in [0.2, 0.25) is 0 Å². The predicted molar refractivity (Wildman–Crippen MR) is 93.6 cm³/mol. The van der Waals surface area contributed by atoms with Crippen molar-refractivity contribution >= 4 is 6.16 Å². The van der Waals surface area contributed by atoms with Gasteiger partial charge in [-0.15, -0.1) is 0 Å². The van der Waals surface area contributed by atoms with Crippen molar-refractivity contribution < 1.29 is 43.9 Å². The van der Waals surface area contributed by atoms with E-state index in [-0.39, 0.29) is 19.5 Å². The van der Waals surface area contributed by atoms with E-state index in [1.54, 1.807) is 0 Å². The molecule has 1 aliphatic heterocycles. The van der Waals surface area contributed by atoms with Gasteiger partial charge in [-0.1, -0.05) is 96.8 Å². The zero-order valence-corrected chi connectivity index (χ0v) is 19.1. The largest absolute Gasteiger partial charge is 0.510 e. The van der Waals surface area contributed by atoms with Crippen LogP contribution in [0.15, 0.2) is 0 Å². The average molecular weight is 410 g/mol. The Bertz CT molecular complexity index is 321. The molecule has 0 aliphatic carbocycles. The van der Waals surface area contributed by atoms with Crippen LogP contribution in [0.3, 0.4) is 0 Å². The summed E-state index contributed by atoms with van der Waals surface area (Å²) in [6, 6.07) is 0. The Labute approximate surface area is 165 Å². The van der Waals surface area contributed by atoms with Crippen LogP contribution in [-0.4, -0.2) is 17.2 Å². The number of hydrogen-bond acceptors (Lipinski definition) is 4. The quantitative estimate of drug-likeness (QED) is 0.0968. The molecule has 0 spiro atoms. The van der Waals surface area contributed by atoms with Crippen molar-refractivity contribution in [1.82, 2.24) is 0 Å². The van der Waals surface area contributed by atoms with E-state index < -0.39 is 12.1 Å². The maximum absolute atomic E-state index is 10.4. The molecular formula is C19H36O5Zn. The van der Waals surface area contributed by atoms with E-state index in [0.29, 0.717) is 6.42 Å². The topological polar surface area (TPSA) is 71.6 Å². The van der Waals surface area contributed by atoms with E-state index in [1.165, 1.54) is 83.5 Å². The SMILES string of the molecule is CCCCCCCCCCCCCCCCCC1(OC(=O)O)OO1.[Zn]. The van der Waals surface area contributed by atoms with E-state index in [0.717, 1.165) is 12.8 Å². The number of carbonyl (C=O) groups is 1. The second kappa shape index (κ2) is 16.0. The molecule has 0 aromatic heterocycles. The third kappa shape index (κ3) is 14.6. The van der Waals surface area contributed by atoms with Gasteiger partial charge in [0.1, 0.15) is 0 Å². The third-order valence-corrected chi connectivity index (χ3v) is 4.60. The number of carboxylic acid groups (broad SMARTS) is 1. The predicted octanol–water partition coefficient (Wildman–Crippen LogP) is 6.56. The van der Waals surface area contributed by atoms with Gasteiger partial charge < -0.3 is 9.84 Å². The minimum absolute atomic E-state index is 0. The van der Waals surface area contributed by atoms with Gasteiger partial charge in [0.15, 0.2) is 0 Å². The molecule has 0 atom stereocenters. The molecule has 1 rings (SSSR count). The molecule has 0 radical (unpaired) electrons. The molecule has 0 bridgehead atoms. The van der Waals surface area contributed by atoms with Crippen LogP contribution in [0.4, 0.5) is 4.79 Å².